The predicted octanol–water partition coefficient (Wildman–Crippen LogP) is 3.16. The SMILES string of the molecule is CN=C(NCc1nc(C)c(C)o1)NCC(c1c(F)cccc1F)N(C)C.I. The molecule has 0 aliphatic carbocycles. The zero-order valence-electron chi connectivity index (χ0n) is 16.1. The summed E-state index contributed by atoms with van der Waals surface area (Å²) >= 11 is 0. The quantitative estimate of drug-likeness (QED) is 0.368. The van der Waals surface area contributed by atoms with E-state index in [0.717, 1.165) is 11.5 Å². The molecule has 0 spiro atoms. The molecule has 150 valence electrons. The number of likely N-dealkylation sites (N-methyl/N-ethyl adjacent to an activating group) is 1. The Morgan fingerprint density at radius 3 is 2.33 bits per heavy atom. The van der Waals surface area contributed by atoms with E-state index in [1.165, 1.54) is 18.2 Å². The number of benzene rings is 1. The molecule has 0 amide bonds. The molecule has 2 aromatic rings. The van der Waals surface area contributed by atoms with Crippen LogP contribution >= 0.6 is 24.0 Å². The maximum Gasteiger partial charge on any atom is 0.214 e. The molecule has 1 unspecified atom stereocenters. The highest BCUT2D eigenvalue weighted by molar-refractivity contribution is 14.0. The molecule has 0 aliphatic rings. The summed E-state index contributed by atoms with van der Waals surface area (Å²) in [5.41, 5.74) is 0.867. The van der Waals surface area contributed by atoms with E-state index in [0.29, 0.717) is 18.4 Å². The van der Waals surface area contributed by atoms with E-state index in [1.54, 1.807) is 26.0 Å². The van der Waals surface area contributed by atoms with Gasteiger partial charge in [0.2, 0.25) is 5.89 Å². The number of halogens is 3. The minimum atomic E-state index is -0.570. The van der Waals surface area contributed by atoms with Gasteiger partial charge in [-0.15, -0.1) is 24.0 Å². The first-order chi connectivity index (χ1) is 12.3. The van der Waals surface area contributed by atoms with Crippen molar-refractivity contribution < 1.29 is 13.2 Å². The van der Waals surface area contributed by atoms with Crippen LogP contribution in [0.4, 0.5) is 8.78 Å². The Hall–Kier alpha value is -1.75. The van der Waals surface area contributed by atoms with E-state index < -0.39 is 17.7 Å². The first-order valence-corrected chi connectivity index (χ1v) is 8.31. The second-order valence-electron chi connectivity index (χ2n) is 6.17. The molecule has 1 aromatic heterocycles. The Balaban J connectivity index is 0.00000364. The van der Waals surface area contributed by atoms with Crippen LogP contribution in [0.15, 0.2) is 27.6 Å². The third kappa shape index (κ3) is 6.13. The van der Waals surface area contributed by atoms with E-state index in [4.69, 9.17) is 4.42 Å². The lowest BCUT2D eigenvalue weighted by molar-refractivity contribution is 0.282. The number of nitrogens with one attached hydrogen (secondary N) is 2. The van der Waals surface area contributed by atoms with Crippen LogP contribution in [0.25, 0.3) is 0 Å². The number of nitrogens with zero attached hydrogens (tertiary/aromatic N) is 3. The summed E-state index contributed by atoms with van der Waals surface area (Å²) < 4.78 is 33.7. The Morgan fingerprint density at radius 1 is 1.22 bits per heavy atom. The Labute approximate surface area is 175 Å². The molecule has 2 rings (SSSR count). The highest BCUT2D eigenvalue weighted by Crippen LogP contribution is 2.23. The number of hydrogen-bond acceptors (Lipinski definition) is 4. The van der Waals surface area contributed by atoms with Crippen molar-refractivity contribution in [1.29, 1.82) is 0 Å². The monoisotopic (exact) mass is 493 g/mol. The standard InChI is InChI=1S/C18H25F2N5O.HI/c1-11-12(2)26-16(24-11)10-23-18(21-3)22-9-15(25(4)5)17-13(19)7-6-8-14(17)20;/h6-8,15H,9-10H2,1-5H3,(H2,21,22,23);1H. The largest absolute Gasteiger partial charge is 0.444 e. The zero-order chi connectivity index (χ0) is 19.3. The molecule has 0 saturated heterocycles. The molecule has 0 bridgehead atoms. The summed E-state index contributed by atoms with van der Waals surface area (Å²) in [5, 5.41) is 6.17. The van der Waals surface area contributed by atoms with Crippen molar-refractivity contribution in [3.63, 3.8) is 0 Å². The minimum Gasteiger partial charge on any atom is -0.444 e. The maximum absolute atomic E-state index is 14.1. The van der Waals surface area contributed by atoms with Gasteiger partial charge in [0.1, 0.15) is 17.4 Å². The van der Waals surface area contributed by atoms with E-state index in [1.807, 2.05) is 13.8 Å². The van der Waals surface area contributed by atoms with Crippen molar-refractivity contribution in [3.8, 4) is 0 Å². The van der Waals surface area contributed by atoms with Crippen LogP contribution in [0.2, 0.25) is 0 Å². The molecule has 1 heterocycles. The maximum atomic E-state index is 14.1. The molecular weight excluding hydrogens is 467 g/mol. The normalized spacial score (nSPS) is 12.7. The van der Waals surface area contributed by atoms with Gasteiger partial charge < -0.3 is 20.0 Å². The van der Waals surface area contributed by atoms with Gasteiger partial charge in [0, 0.05) is 19.2 Å². The molecule has 2 N–H and O–H groups in total. The summed E-state index contributed by atoms with van der Waals surface area (Å²) in [4.78, 5) is 10.2. The first kappa shape index (κ1) is 23.3. The molecule has 0 saturated carbocycles. The summed E-state index contributed by atoms with van der Waals surface area (Å²) in [5.74, 6) is 0.667. The van der Waals surface area contributed by atoms with Crippen LogP contribution in [0.5, 0.6) is 0 Å². The first-order valence-electron chi connectivity index (χ1n) is 8.31. The third-order valence-corrected chi connectivity index (χ3v) is 4.12. The molecule has 1 atom stereocenters. The minimum absolute atomic E-state index is 0. The molecule has 0 fully saturated rings. The fourth-order valence-corrected chi connectivity index (χ4v) is 2.56. The number of guanidine groups is 1. The van der Waals surface area contributed by atoms with Gasteiger partial charge in [0.05, 0.1) is 18.3 Å². The van der Waals surface area contributed by atoms with Crippen molar-refractivity contribution in [2.75, 3.05) is 27.7 Å². The van der Waals surface area contributed by atoms with Crippen LogP contribution < -0.4 is 10.6 Å². The van der Waals surface area contributed by atoms with Gasteiger partial charge in [-0.25, -0.2) is 13.8 Å². The number of aryl methyl sites for hydroxylation is 2. The molecule has 0 radical (unpaired) electrons. The van der Waals surface area contributed by atoms with Gasteiger partial charge >= 0.3 is 0 Å². The molecule has 0 aliphatic heterocycles. The van der Waals surface area contributed by atoms with E-state index in [-0.39, 0.29) is 36.1 Å². The van der Waals surface area contributed by atoms with Crippen LogP contribution in [-0.2, 0) is 6.54 Å². The van der Waals surface area contributed by atoms with E-state index in [9.17, 15) is 8.78 Å². The molecular formula is C18H26F2IN5O. The third-order valence-electron chi connectivity index (χ3n) is 4.12. The summed E-state index contributed by atoms with van der Waals surface area (Å²) in [6, 6.07) is 3.38. The second kappa shape index (κ2) is 10.5. The Kier molecular flexibility index (Phi) is 9.10. The second-order valence-corrected chi connectivity index (χ2v) is 6.17. The van der Waals surface area contributed by atoms with E-state index in [2.05, 4.69) is 20.6 Å². The van der Waals surface area contributed by atoms with Crippen molar-refractivity contribution in [3.05, 3.63) is 52.7 Å². The van der Waals surface area contributed by atoms with Crippen molar-refractivity contribution in [1.82, 2.24) is 20.5 Å². The Bertz CT molecular complexity index is 739. The number of oxazole rings is 1. The lowest BCUT2D eigenvalue weighted by Crippen LogP contribution is -2.41. The smallest absolute Gasteiger partial charge is 0.214 e. The lowest BCUT2D eigenvalue weighted by Gasteiger charge is -2.26. The fraction of sp³-hybridized carbons (Fsp3) is 0.444. The Morgan fingerprint density at radius 2 is 1.85 bits per heavy atom. The lowest BCUT2D eigenvalue weighted by atomic mass is 10.0. The fourth-order valence-electron chi connectivity index (χ4n) is 2.56. The zero-order valence-corrected chi connectivity index (χ0v) is 18.5. The van der Waals surface area contributed by atoms with E-state index >= 15 is 0 Å². The highest BCUT2D eigenvalue weighted by Gasteiger charge is 2.22. The van der Waals surface area contributed by atoms with Crippen molar-refractivity contribution in [2.24, 2.45) is 4.99 Å². The van der Waals surface area contributed by atoms with Crippen LogP contribution in [0, 0.1) is 25.5 Å². The topological polar surface area (TPSA) is 65.7 Å². The van der Waals surface area contributed by atoms with Gasteiger partial charge in [-0.1, -0.05) is 6.07 Å². The van der Waals surface area contributed by atoms with Crippen LogP contribution in [-0.4, -0.2) is 43.5 Å². The molecule has 1 aromatic carbocycles. The predicted molar refractivity (Wildman–Crippen MR) is 112 cm³/mol. The summed E-state index contributed by atoms with van der Waals surface area (Å²) in [6.45, 7) is 4.35. The van der Waals surface area contributed by atoms with Gasteiger partial charge in [0.15, 0.2) is 5.96 Å². The number of rotatable bonds is 6. The average molecular weight is 493 g/mol. The van der Waals surface area contributed by atoms with Gasteiger partial charge in [0.25, 0.3) is 0 Å². The van der Waals surface area contributed by atoms with Gasteiger partial charge in [-0.2, -0.15) is 0 Å². The number of hydrogen-bond donors (Lipinski definition) is 2. The molecule has 27 heavy (non-hydrogen) atoms. The van der Waals surface area contributed by atoms with Crippen molar-refractivity contribution in [2.45, 2.75) is 26.4 Å². The average Bonchev–Trinajstić information content (AvgIpc) is 2.90. The molecule has 6 nitrogen and oxygen atoms in total. The van der Waals surface area contributed by atoms with Crippen LogP contribution in [0.1, 0.15) is 29.0 Å². The van der Waals surface area contributed by atoms with Gasteiger partial charge in [-0.3, -0.25) is 4.99 Å². The van der Waals surface area contributed by atoms with Gasteiger partial charge in [-0.05, 0) is 40.1 Å². The molecule has 9 heteroatoms. The highest BCUT2D eigenvalue weighted by atomic mass is 127. The summed E-state index contributed by atoms with van der Waals surface area (Å²) in [6.07, 6.45) is 0. The number of aromatic nitrogens is 1. The van der Waals surface area contributed by atoms with Crippen molar-refractivity contribution >= 4 is 29.9 Å². The number of aliphatic imine (C=N–C) groups is 1. The van der Waals surface area contributed by atoms with Crippen LogP contribution in [0.3, 0.4) is 0 Å². The summed E-state index contributed by atoms with van der Waals surface area (Å²) in [7, 11) is 5.16.